The molecular formula is C19H18F3N3O3. The van der Waals surface area contributed by atoms with Crippen molar-refractivity contribution in [3.63, 3.8) is 0 Å². The lowest BCUT2D eigenvalue weighted by atomic mass is 10.2. The molecule has 9 heteroatoms. The van der Waals surface area contributed by atoms with Crippen molar-refractivity contribution in [1.82, 2.24) is 14.0 Å². The lowest BCUT2D eigenvalue weighted by Gasteiger charge is -2.20. The quantitative estimate of drug-likeness (QED) is 0.670. The predicted molar refractivity (Wildman–Crippen MR) is 96.8 cm³/mol. The zero-order valence-electron chi connectivity index (χ0n) is 15.2. The Morgan fingerprint density at radius 3 is 2.36 bits per heavy atom. The molecule has 0 aliphatic rings. The summed E-state index contributed by atoms with van der Waals surface area (Å²) in [6, 6.07) is 12.7. The zero-order chi connectivity index (χ0) is 20.5. The lowest BCUT2D eigenvalue weighted by molar-refractivity contribution is -0.275. The van der Waals surface area contributed by atoms with E-state index in [-0.39, 0.29) is 30.1 Å². The molecule has 6 nitrogen and oxygen atoms in total. The number of nitrogens with zero attached hydrogens (tertiary/aromatic N) is 3. The van der Waals surface area contributed by atoms with Crippen molar-refractivity contribution >= 4 is 16.9 Å². The van der Waals surface area contributed by atoms with Crippen molar-refractivity contribution in [3.05, 3.63) is 64.6 Å². The van der Waals surface area contributed by atoms with Gasteiger partial charge in [-0.15, -0.1) is 13.2 Å². The van der Waals surface area contributed by atoms with E-state index in [1.807, 2.05) is 0 Å². The third-order valence-electron chi connectivity index (χ3n) is 4.38. The van der Waals surface area contributed by atoms with Crippen molar-refractivity contribution in [2.45, 2.75) is 19.5 Å². The SMILES string of the molecule is CN(Cc1ccccc1OC(F)(F)F)C(=O)Cn1c(=O)n(C)c2ccccc21. The Morgan fingerprint density at radius 1 is 1.07 bits per heavy atom. The fraction of sp³-hybridized carbons (Fsp3) is 0.263. The number of alkyl halides is 3. The number of carbonyl (C=O) groups is 1. The summed E-state index contributed by atoms with van der Waals surface area (Å²) in [5.41, 5.74) is 1.16. The van der Waals surface area contributed by atoms with Gasteiger partial charge in [0.15, 0.2) is 0 Å². The molecule has 0 aliphatic heterocycles. The minimum atomic E-state index is -4.82. The first-order valence-electron chi connectivity index (χ1n) is 8.39. The Hall–Kier alpha value is -3.23. The molecule has 3 aromatic rings. The molecule has 3 rings (SSSR count). The molecule has 0 unspecified atom stereocenters. The van der Waals surface area contributed by atoms with E-state index in [0.717, 1.165) is 0 Å². The summed E-state index contributed by atoms with van der Waals surface area (Å²) in [5, 5.41) is 0. The molecule has 1 heterocycles. The number of rotatable bonds is 5. The average molecular weight is 393 g/mol. The molecule has 0 aliphatic carbocycles. The van der Waals surface area contributed by atoms with Crippen LogP contribution in [0.15, 0.2) is 53.3 Å². The van der Waals surface area contributed by atoms with Gasteiger partial charge in [-0.1, -0.05) is 30.3 Å². The minimum Gasteiger partial charge on any atom is -0.405 e. The molecule has 0 radical (unpaired) electrons. The van der Waals surface area contributed by atoms with Gasteiger partial charge < -0.3 is 9.64 Å². The number of hydrogen-bond acceptors (Lipinski definition) is 3. The number of amides is 1. The van der Waals surface area contributed by atoms with Crippen LogP contribution in [0.5, 0.6) is 5.75 Å². The van der Waals surface area contributed by atoms with E-state index in [4.69, 9.17) is 0 Å². The zero-order valence-corrected chi connectivity index (χ0v) is 15.2. The molecule has 1 amide bonds. The summed E-state index contributed by atoms with van der Waals surface area (Å²) < 4.78 is 44.5. The number of benzene rings is 2. The molecule has 1 aromatic heterocycles. The highest BCUT2D eigenvalue weighted by molar-refractivity contribution is 5.80. The molecule has 2 aromatic carbocycles. The monoisotopic (exact) mass is 393 g/mol. The fourth-order valence-corrected chi connectivity index (χ4v) is 2.97. The average Bonchev–Trinajstić information content (AvgIpc) is 2.87. The van der Waals surface area contributed by atoms with Crippen molar-refractivity contribution in [2.24, 2.45) is 7.05 Å². The van der Waals surface area contributed by atoms with Gasteiger partial charge in [-0.3, -0.25) is 13.9 Å². The Morgan fingerprint density at radius 2 is 1.68 bits per heavy atom. The van der Waals surface area contributed by atoms with Gasteiger partial charge in [0.05, 0.1) is 11.0 Å². The summed E-state index contributed by atoms with van der Waals surface area (Å²) in [7, 11) is 3.07. The van der Waals surface area contributed by atoms with E-state index in [1.165, 1.54) is 39.3 Å². The Labute approximate surface area is 158 Å². The Balaban J connectivity index is 1.80. The summed E-state index contributed by atoms with van der Waals surface area (Å²) in [6.07, 6.45) is -4.82. The van der Waals surface area contributed by atoms with Crippen LogP contribution in [0, 0.1) is 0 Å². The standard InChI is InChI=1S/C19H18F3N3O3/c1-23(11-13-7-3-6-10-16(13)28-19(20,21)22)17(26)12-25-15-9-5-4-8-14(15)24(2)18(25)27/h3-10H,11-12H2,1-2H3. The second-order valence-corrected chi connectivity index (χ2v) is 6.32. The summed E-state index contributed by atoms with van der Waals surface area (Å²) in [6.45, 7) is -0.316. The van der Waals surface area contributed by atoms with Crippen LogP contribution in [0.3, 0.4) is 0 Å². The number of ether oxygens (including phenoxy) is 1. The van der Waals surface area contributed by atoms with Crippen LogP contribution in [0.4, 0.5) is 13.2 Å². The topological polar surface area (TPSA) is 56.5 Å². The molecule has 28 heavy (non-hydrogen) atoms. The van der Waals surface area contributed by atoms with E-state index in [1.54, 1.807) is 37.4 Å². The maximum absolute atomic E-state index is 12.6. The minimum absolute atomic E-state index is 0.0927. The first-order valence-corrected chi connectivity index (χ1v) is 8.39. The fourth-order valence-electron chi connectivity index (χ4n) is 2.97. The van der Waals surface area contributed by atoms with Crippen LogP contribution in [0.2, 0.25) is 0 Å². The van der Waals surface area contributed by atoms with Crippen molar-refractivity contribution < 1.29 is 22.7 Å². The third kappa shape index (κ3) is 4.03. The van der Waals surface area contributed by atoms with Crippen molar-refractivity contribution in [3.8, 4) is 5.75 Å². The third-order valence-corrected chi connectivity index (χ3v) is 4.38. The first kappa shape index (κ1) is 19.5. The molecular weight excluding hydrogens is 375 g/mol. The van der Waals surface area contributed by atoms with E-state index < -0.39 is 12.3 Å². The number of carbonyl (C=O) groups excluding carboxylic acids is 1. The van der Waals surface area contributed by atoms with E-state index in [0.29, 0.717) is 11.0 Å². The highest BCUT2D eigenvalue weighted by atomic mass is 19.4. The van der Waals surface area contributed by atoms with Gasteiger partial charge in [0, 0.05) is 26.2 Å². The summed E-state index contributed by atoms with van der Waals surface area (Å²) in [5.74, 6) is -0.780. The lowest BCUT2D eigenvalue weighted by Crippen LogP contribution is -2.34. The number of likely N-dealkylation sites (N-methyl/N-ethyl adjacent to an activating group) is 1. The molecule has 0 fully saturated rings. The predicted octanol–water partition coefficient (Wildman–Crippen LogP) is 2.90. The highest BCUT2D eigenvalue weighted by Gasteiger charge is 2.32. The molecule has 0 saturated carbocycles. The number of aromatic nitrogens is 2. The number of imidazole rings is 1. The second kappa shape index (κ2) is 7.41. The van der Waals surface area contributed by atoms with Gasteiger partial charge in [-0.05, 0) is 18.2 Å². The van der Waals surface area contributed by atoms with Gasteiger partial charge in [0.25, 0.3) is 0 Å². The second-order valence-electron chi connectivity index (χ2n) is 6.32. The maximum Gasteiger partial charge on any atom is 0.573 e. The number of fused-ring (bicyclic) bond motifs is 1. The Bertz CT molecular complexity index is 1070. The van der Waals surface area contributed by atoms with Gasteiger partial charge in [0.1, 0.15) is 12.3 Å². The van der Waals surface area contributed by atoms with Gasteiger partial charge in [0.2, 0.25) is 5.91 Å². The van der Waals surface area contributed by atoms with Crippen molar-refractivity contribution in [2.75, 3.05) is 7.05 Å². The molecule has 0 saturated heterocycles. The molecule has 0 bridgehead atoms. The molecule has 148 valence electrons. The van der Waals surface area contributed by atoms with Crippen LogP contribution in [-0.2, 0) is 24.9 Å². The Kier molecular flexibility index (Phi) is 5.17. The van der Waals surface area contributed by atoms with Crippen LogP contribution < -0.4 is 10.4 Å². The van der Waals surface area contributed by atoms with E-state index in [2.05, 4.69) is 4.74 Å². The van der Waals surface area contributed by atoms with Crippen molar-refractivity contribution in [1.29, 1.82) is 0 Å². The smallest absolute Gasteiger partial charge is 0.405 e. The van der Waals surface area contributed by atoms with E-state index in [9.17, 15) is 22.8 Å². The molecule has 0 spiro atoms. The molecule has 0 N–H and O–H groups in total. The normalized spacial score (nSPS) is 11.6. The summed E-state index contributed by atoms with van der Waals surface area (Å²) in [4.78, 5) is 26.3. The van der Waals surface area contributed by atoms with E-state index >= 15 is 0 Å². The molecule has 0 atom stereocenters. The van der Waals surface area contributed by atoms with Crippen LogP contribution in [0.25, 0.3) is 11.0 Å². The highest BCUT2D eigenvalue weighted by Crippen LogP contribution is 2.27. The number of halogens is 3. The first-order chi connectivity index (χ1) is 13.2. The number of hydrogen-bond donors (Lipinski definition) is 0. The van der Waals surface area contributed by atoms with Crippen LogP contribution in [-0.4, -0.2) is 33.4 Å². The number of aryl methyl sites for hydroxylation is 1. The van der Waals surface area contributed by atoms with Gasteiger partial charge in [-0.2, -0.15) is 0 Å². The van der Waals surface area contributed by atoms with Crippen LogP contribution >= 0.6 is 0 Å². The van der Waals surface area contributed by atoms with Crippen LogP contribution in [0.1, 0.15) is 5.56 Å². The number of para-hydroxylation sites is 3. The van der Waals surface area contributed by atoms with Gasteiger partial charge >= 0.3 is 12.1 Å². The maximum atomic E-state index is 12.6. The van der Waals surface area contributed by atoms with Gasteiger partial charge in [-0.25, -0.2) is 4.79 Å². The largest absolute Gasteiger partial charge is 0.573 e. The summed E-state index contributed by atoms with van der Waals surface area (Å²) >= 11 is 0.